The minimum Gasteiger partial charge on any atom is -0.464 e. The molecule has 1 saturated heterocycles. The zero-order chi connectivity index (χ0) is 17.0. The second-order valence-corrected chi connectivity index (χ2v) is 6.37. The first kappa shape index (κ1) is 18.3. The molecule has 1 fully saturated rings. The number of carbonyl (C=O) groups is 2. The molecule has 22 heavy (non-hydrogen) atoms. The zero-order valence-electron chi connectivity index (χ0n) is 13.7. The van der Waals surface area contributed by atoms with Gasteiger partial charge in [0.15, 0.2) is 0 Å². The molecule has 0 aromatic carbocycles. The van der Waals surface area contributed by atoms with E-state index < -0.39 is 29.3 Å². The van der Waals surface area contributed by atoms with Crippen molar-refractivity contribution in [1.29, 1.82) is 0 Å². The number of esters is 1. The maximum Gasteiger partial charge on any atom is 0.410 e. The van der Waals surface area contributed by atoms with Crippen LogP contribution in [-0.2, 0) is 14.3 Å². The molecule has 1 aliphatic heterocycles. The van der Waals surface area contributed by atoms with Crippen LogP contribution in [0.1, 0.15) is 40.5 Å². The molecule has 0 aromatic rings. The number of piperidine rings is 1. The number of rotatable bonds is 4. The maximum absolute atomic E-state index is 12.0. The van der Waals surface area contributed by atoms with Crippen LogP contribution in [0.15, 0.2) is 5.11 Å². The minimum atomic E-state index is -1.40. The van der Waals surface area contributed by atoms with Crippen LogP contribution in [0.4, 0.5) is 4.79 Å². The van der Waals surface area contributed by atoms with Crippen molar-refractivity contribution in [2.45, 2.75) is 57.8 Å². The SMILES string of the molecule is CCOC(=O)C(N=[NH2+])C1(O)CCN(C(=O)OC(C)(C)C)CC1. The summed E-state index contributed by atoms with van der Waals surface area (Å²) >= 11 is 0. The molecule has 0 aromatic heterocycles. The number of nitrogens with zero attached hydrogens (tertiary/aromatic N) is 2. The van der Waals surface area contributed by atoms with E-state index in [1.165, 1.54) is 4.90 Å². The van der Waals surface area contributed by atoms with Gasteiger partial charge in [-0.15, -0.1) is 0 Å². The van der Waals surface area contributed by atoms with Crippen molar-refractivity contribution in [3.8, 4) is 0 Å². The van der Waals surface area contributed by atoms with Crippen LogP contribution in [0.3, 0.4) is 0 Å². The molecule has 1 unspecified atom stereocenters. The average molecular weight is 316 g/mol. The van der Waals surface area contributed by atoms with Gasteiger partial charge in [0, 0.05) is 13.1 Å². The second-order valence-electron chi connectivity index (χ2n) is 6.37. The fraction of sp³-hybridized carbons (Fsp3) is 0.857. The van der Waals surface area contributed by atoms with E-state index in [0.717, 1.165) is 0 Å². The Kier molecular flexibility index (Phi) is 5.87. The lowest BCUT2D eigenvalue weighted by Gasteiger charge is -2.39. The summed E-state index contributed by atoms with van der Waals surface area (Å²) in [6, 6.07) is -1.15. The minimum absolute atomic E-state index is 0.177. The Morgan fingerprint density at radius 2 is 1.91 bits per heavy atom. The molecule has 8 heteroatoms. The highest BCUT2D eigenvalue weighted by Crippen LogP contribution is 2.29. The van der Waals surface area contributed by atoms with Crippen LogP contribution in [0, 0.1) is 0 Å². The largest absolute Gasteiger partial charge is 0.464 e. The molecule has 0 bridgehead atoms. The molecule has 1 heterocycles. The van der Waals surface area contributed by atoms with Crippen LogP contribution < -0.4 is 5.53 Å². The van der Waals surface area contributed by atoms with Crippen molar-refractivity contribution in [2.75, 3.05) is 19.7 Å². The number of aliphatic hydroxyl groups is 1. The van der Waals surface area contributed by atoms with E-state index in [1.807, 2.05) is 0 Å². The van der Waals surface area contributed by atoms with Gasteiger partial charge in [-0.1, -0.05) is 0 Å². The molecule has 3 N–H and O–H groups in total. The van der Waals surface area contributed by atoms with Gasteiger partial charge in [0.2, 0.25) is 6.04 Å². The van der Waals surface area contributed by atoms with Crippen LogP contribution in [0.2, 0.25) is 0 Å². The molecule has 0 aliphatic carbocycles. The first-order valence-corrected chi connectivity index (χ1v) is 7.40. The first-order chi connectivity index (χ1) is 10.1. The number of hydrogen-bond acceptors (Lipinski definition) is 6. The number of carbonyl (C=O) groups excluding carboxylic acids is 2. The van der Waals surface area contributed by atoms with Crippen molar-refractivity contribution in [3.63, 3.8) is 0 Å². The monoisotopic (exact) mass is 316 g/mol. The van der Waals surface area contributed by atoms with Gasteiger partial charge in [-0.05, 0) is 45.7 Å². The Morgan fingerprint density at radius 3 is 2.32 bits per heavy atom. The Hall–Kier alpha value is -1.70. The first-order valence-electron chi connectivity index (χ1n) is 7.40. The molecule has 126 valence electrons. The fourth-order valence-electron chi connectivity index (χ4n) is 2.32. The van der Waals surface area contributed by atoms with Gasteiger partial charge < -0.3 is 19.5 Å². The average Bonchev–Trinajstić information content (AvgIpc) is 2.38. The predicted molar refractivity (Wildman–Crippen MR) is 76.8 cm³/mol. The third kappa shape index (κ3) is 4.66. The van der Waals surface area contributed by atoms with E-state index in [0.29, 0.717) is 0 Å². The number of likely N-dealkylation sites (tertiary alicyclic amines) is 1. The Bertz CT molecular complexity index is 425. The quantitative estimate of drug-likeness (QED) is 0.555. The lowest BCUT2D eigenvalue weighted by molar-refractivity contribution is -0.242. The highest BCUT2D eigenvalue weighted by atomic mass is 16.6. The second kappa shape index (κ2) is 7.04. The molecule has 1 rings (SSSR count). The molecule has 8 nitrogen and oxygen atoms in total. The van der Waals surface area contributed by atoms with E-state index in [-0.39, 0.29) is 32.5 Å². The third-order valence-electron chi connectivity index (χ3n) is 3.45. The van der Waals surface area contributed by atoms with Gasteiger partial charge in [-0.3, -0.25) is 0 Å². The molecular weight excluding hydrogens is 290 g/mol. The summed E-state index contributed by atoms with van der Waals surface area (Å²) < 4.78 is 10.2. The Balaban J connectivity index is 2.67. The molecule has 1 amide bonds. The summed E-state index contributed by atoms with van der Waals surface area (Å²) in [5.74, 6) is -0.654. The lowest BCUT2D eigenvalue weighted by Crippen LogP contribution is -2.57. The van der Waals surface area contributed by atoms with E-state index in [2.05, 4.69) is 5.11 Å². The van der Waals surface area contributed by atoms with Gasteiger partial charge >= 0.3 is 12.1 Å². The van der Waals surface area contributed by atoms with E-state index >= 15 is 0 Å². The highest BCUT2D eigenvalue weighted by Gasteiger charge is 2.47. The van der Waals surface area contributed by atoms with Crippen molar-refractivity contribution < 1.29 is 29.7 Å². The van der Waals surface area contributed by atoms with E-state index in [1.54, 1.807) is 27.7 Å². The predicted octanol–water partition coefficient (Wildman–Crippen LogP) is -0.109. The number of hydrogen-bond donors (Lipinski definition) is 2. The van der Waals surface area contributed by atoms with Crippen molar-refractivity contribution >= 4 is 12.1 Å². The van der Waals surface area contributed by atoms with Gasteiger partial charge in [0.1, 0.15) is 11.2 Å². The summed E-state index contributed by atoms with van der Waals surface area (Å²) in [6.45, 7) is 7.74. The molecule has 0 radical (unpaired) electrons. The lowest BCUT2D eigenvalue weighted by atomic mass is 9.84. The summed E-state index contributed by atoms with van der Waals surface area (Å²) in [6.07, 6.45) is -0.0840. The molecule has 0 saturated carbocycles. The fourth-order valence-corrected chi connectivity index (χ4v) is 2.32. The number of nitrogens with two attached hydrogens (primary N) is 1. The van der Waals surface area contributed by atoms with Crippen molar-refractivity contribution in [3.05, 3.63) is 0 Å². The Morgan fingerprint density at radius 1 is 1.36 bits per heavy atom. The van der Waals surface area contributed by atoms with E-state index in [4.69, 9.17) is 15.0 Å². The summed E-state index contributed by atoms with van der Waals surface area (Å²) in [4.78, 5) is 25.3. The van der Waals surface area contributed by atoms with Gasteiger partial charge in [-0.25, -0.2) is 9.59 Å². The standard InChI is InChI=1S/C14H25N3O5/c1-5-21-11(18)10(16-15)14(20)6-8-17(9-7-14)12(19)22-13(2,3)4/h10,15,20H,5-9H2,1-4H3/p+1. The molecule has 1 aliphatic rings. The van der Waals surface area contributed by atoms with Crippen LogP contribution in [0.25, 0.3) is 0 Å². The summed E-state index contributed by atoms with van der Waals surface area (Å²) in [7, 11) is 0. The highest BCUT2D eigenvalue weighted by molar-refractivity contribution is 5.77. The van der Waals surface area contributed by atoms with Gasteiger partial charge in [0.05, 0.1) is 6.61 Å². The topological polar surface area (TPSA) is 114 Å². The molecule has 0 spiro atoms. The van der Waals surface area contributed by atoms with Crippen LogP contribution in [0.5, 0.6) is 0 Å². The molecule has 1 atom stereocenters. The maximum atomic E-state index is 12.0. The number of ether oxygens (including phenoxy) is 2. The third-order valence-corrected chi connectivity index (χ3v) is 3.45. The zero-order valence-corrected chi connectivity index (χ0v) is 13.7. The summed E-state index contributed by atoms with van der Waals surface area (Å²) in [5, 5.41) is 14.1. The van der Waals surface area contributed by atoms with Crippen molar-refractivity contribution in [1.82, 2.24) is 4.90 Å². The number of amides is 1. The van der Waals surface area contributed by atoms with Gasteiger partial charge in [0.25, 0.3) is 0 Å². The van der Waals surface area contributed by atoms with Crippen molar-refractivity contribution in [2.24, 2.45) is 5.11 Å². The van der Waals surface area contributed by atoms with E-state index in [9.17, 15) is 14.7 Å². The van der Waals surface area contributed by atoms with Crippen LogP contribution >= 0.6 is 0 Å². The molecular formula is C14H26N3O5+. The smallest absolute Gasteiger partial charge is 0.410 e. The normalized spacial score (nSPS) is 19.2. The summed E-state index contributed by atoms with van der Waals surface area (Å²) in [5.41, 5.74) is 3.27. The van der Waals surface area contributed by atoms with Crippen LogP contribution in [-0.4, -0.2) is 59.0 Å². The van der Waals surface area contributed by atoms with Gasteiger partial charge in [-0.2, -0.15) is 5.53 Å². The Labute approximate surface area is 130 Å².